The van der Waals surface area contributed by atoms with Crippen LogP contribution in [0.4, 0.5) is 31.9 Å². The second-order valence-corrected chi connectivity index (χ2v) is 9.12. The van der Waals surface area contributed by atoms with Crippen molar-refractivity contribution >= 4 is 40.0 Å². The van der Waals surface area contributed by atoms with Gasteiger partial charge in [-0.1, -0.05) is 0 Å². The van der Waals surface area contributed by atoms with E-state index in [2.05, 4.69) is 44.7 Å². The third-order valence-electron chi connectivity index (χ3n) is 6.12. The lowest BCUT2D eigenvalue weighted by molar-refractivity contribution is 0.102. The highest BCUT2D eigenvalue weighted by Gasteiger charge is 2.24. The van der Waals surface area contributed by atoms with Gasteiger partial charge < -0.3 is 30.6 Å². The lowest BCUT2D eigenvalue weighted by Crippen LogP contribution is -2.54. The highest BCUT2D eigenvalue weighted by atomic mass is 19.1. The van der Waals surface area contributed by atoms with Crippen LogP contribution in [0.1, 0.15) is 24.3 Å². The second-order valence-electron chi connectivity index (χ2n) is 9.12. The highest BCUT2D eigenvalue weighted by Crippen LogP contribution is 2.31. The molecule has 0 spiro atoms. The van der Waals surface area contributed by atoms with Gasteiger partial charge in [-0.25, -0.2) is 13.8 Å². The number of piperazine rings is 1. The number of amides is 1. The van der Waals surface area contributed by atoms with Gasteiger partial charge >= 0.3 is 0 Å². The van der Waals surface area contributed by atoms with Crippen LogP contribution in [-0.2, 0) is 0 Å². The summed E-state index contributed by atoms with van der Waals surface area (Å²) in [7, 11) is 1.42. The second kappa shape index (κ2) is 10.0. The summed E-state index contributed by atoms with van der Waals surface area (Å²) in [4.78, 5) is 26.5. The average molecular weight is 508 g/mol. The van der Waals surface area contributed by atoms with Crippen molar-refractivity contribution < 1.29 is 18.3 Å². The topological polar surface area (TPSA) is 107 Å². The van der Waals surface area contributed by atoms with Crippen molar-refractivity contribution in [1.29, 1.82) is 0 Å². The van der Waals surface area contributed by atoms with Crippen LogP contribution in [0.25, 0.3) is 10.9 Å². The molecule has 192 valence electrons. The summed E-state index contributed by atoms with van der Waals surface area (Å²) < 4.78 is 33.5. The number of rotatable bonds is 6. The zero-order valence-electron chi connectivity index (χ0n) is 20.6. The van der Waals surface area contributed by atoms with Crippen LogP contribution >= 0.6 is 0 Å². The minimum atomic E-state index is -0.570. The monoisotopic (exact) mass is 507 g/mol. The number of anilines is 4. The number of carbonyl (C=O) groups excluding carboxylic acids is 1. The Morgan fingerprint density at radius 1 is 1.08 bits per heavy atom. The van der Waals surface area contributed by atoms with Crippen molar-refractivity contribution in [3.63, 3.8) is 0 Å². The Hall–Kier alpha value is -4.25. The molecule has 2 aromatic heterocycles. The molecule has 11 heteroatoms. The fraction of sp³-hybridized carbons (Fsp3) is 0.269. The molecule has 0 aliphatic carbocycles. The zero-order valence-corrected chi connectivity index (χ0v) is 20.6. The molecule has 37 heavy (non-hydrogen) atoms. The maximum Gasteiger partial charge on any atom is 0.275 e. The number of hydrogen-bond acceptors (Lipinski definition) is 7. The van der Waals surface area contributed by atoms with E-state index in [0.29, 0.717) is 28.2 Å². The van der Waals surface area contributed by atoms with E-state index in [4.69, 9.17) is 4.74 Å². The summed E-state index contributed by atoms with van der Waals surface area (Å²) in [5.74, 6) is -0.659. The Labute approximate surface area is 212 Å². The summed E-state index contributed by atoms with van der Waals surface area (Å²) in [5, 5.41) is 9.70. The number of halogens is 2. The number of benzene rings is 2. The molecule has 3 heterocycles. The fourth-order valence-electron chi connectivity index (χ4n) is 4.57. The molecular weight excluding hydrogens is 480 g/mol. The van der Waals surface area contributed by atoms with Gasteiger partial charge in [-0.05, 0) is 56.3 Å². The van der Waals surface area contributed by atoms with Crippen LogP contribution in [0.5, 0.6) is 5.75 Å². The smallest absolute Gasteiger partial charge is 0.275 e. The van der Waals surface area contributed by atoms with Gasteiger partial charge in [-0.2, -0.15) is 4.98 Å². The van der Waals surface area contributed by atoms with Crippen molar-refractivity contribution in [2.75, 3.05) is 35.7 Å². The first-order valence-corrected chi connectivity index (χ1v) is 11.9. The van der Waals surface area contributed by atoms with E-state index in [1.54, 1.807) is 30.3 Å². The molecule has 2 atom stereocenters. The first-order valence-electron chi connectivity index (χ1n) is 11.9. The Bertz CT molecular complexity index is 1430. The van der Waals surface area contributed by atoms with Crippen LogP contribution in [0.2, 0.25) is 0 Å². The number of nitrogens with zero attached hydrogens (tertiary/aromatic N) is 3. The molecule has 1 saturated heterocycles. The standard InChI is InChI=1S/C26H27F2N7O2/c1-14-12-35(13-15(2)30-14)26-29-11-20(28)24(34-26)31-17-5-7-18(8-6-17)32-25(36)22-23(37-3)19-10-16(27)4-9-21(19)33-22/h4-11,14-15,30,33H,12-13H2,1-3H3,(H,32,36)(H,29,31,34)/t14-,15+. The molecule has 5 rings (SSSR count). The number of ether oxygens (including phenoxy) is 1. The molecule has 0 unspecified atom stereocenters. The summed E-state index contributed by atoms with van der Waals surface area (Å²) in [6.45, 7) is 5.61. The molecule has 9 nitrogen and oxygen atoms in total. The van der Waals surface area contributed by atoms with E-state index in [1.165, 1.54) is 19.2 Å². The highest BCUT2D eigenvalue weighted by molar-refractivity contribution is 6.09. The first kappa shape index (κ1) is 24.4. The number of methoxy groups -OCH3 is 1. The fourth-order valence-corrected chi connectivity index (χ4v) is 4.57. The normalized spacial score (nSPS) is 17.6. The van der Waals surface area contributed by atoms with Crippen LogP contribution in [0.15, 0.2) is 48.7 Å². The molecule has 0 bridgehead atoms. The number of aromatic amines is 1. The maximum absolute atomic E-state index is 14.5. The molecule has 4 N–H and O–H groups in total. The van der Waals surface area contributed by atoms with E-state index < -0.39 is 17.5 Å². The first-order chi connectivity index (χ1) is 17.8. The van der Waals surface area contributed by atoms with Gasteiger partial charge in [0, 0.05) is 41.9 Å². The third-order valence-corrected chi connectivity index (χ3v) is 6.12. The molecule has 1 aliphatic heterocycles. The van der Waals surface area contributed by atoms with Gasteiger partial charge in [-0.3, -0.25) is 4.79 Å². The number of nitrogens with one attached hydrogen (secondary N) is 4. The lowest BCUT2D eigenvalue weighted by Gasteiger charge is -2.36. The Balaban J connectivity index is 1.30. The largest absolute Gasteiger partial charge is 0.494 e. The van der Waals surface area contributed by atoms with Crippen molar-refractivity contribution in [2.24, 2.45) is 0 Å². The van der Waals surface area contributed by atoms with Gasteiger partial charge in [0.25, 0.3) is 5.91 Å². The van der Waals surface area contributed by atoms with Crippen molar-refractivity contribution in [3.8, 4) is 5.75 Å². The predicted octanol–water partition coefficient (Wildman–Crippen LogP) is 4.43. The van der Waals surface area contributed by atoms with Gasteiger partial charge in [0.15, 0.2) is 17.4 Å². The minimum absolute atomic E-state index is 0.0654. The van der Waals surface area contributed by atoms with Gasteiger partial charge in [0.05, 0.1) is 18.8 Å². The zero-order chi connectivity index (χ0) is 26.1. The molecule has 4 aromatic rings. The Morgan fingerprint density at radius 3 is 2.49 bits per heavy atom. The lowest BCUT2D eigenvalue weighted by atomic mass is 10.1. The van der Waals surface area contributed by atoms with Gasteiger partial charge in [0.1, 0.15) is 11.5 Å². The van der Waals surface area contributed by atoms with E-state index in [-0.39, 0.29) is 29.3 Å². The molecule has 0 radical (unpaired) electrons. The van der Waals surface area contributed by atoms with Crippen LogP contribution < -0.4 is 25.6 Å². The van der Waals surface area contributed by atoms with Crippen LogP contribution in [0.3, 0.4) is 0 Å². The van der Waals surface area contributed by atoms with E-state index in [0.717, 1.165) is 19.3 Å². The third kappa shape index (κ3) is 5.17. The Morgan fingerprint density at radius 2 is 1.78 bits per heavy atom. The summed E-state index contributed by atoms with van der Waals surface area (Å²) >= 11 is 0. The van der Waals surface area contributed by atoms with Crippen LogP contribution in [-0.4, -0.2) is 53.1 Å². The van der Waals surface area contributed by atoms with Gasteiger partial charge in [-0.15, -0.1) is 0 Å². The maximum atomic E-state index is 14.5. The molecule has 1 amide bonds. The summed E-state index contributed by atoms with van der Waals surface area (Å²) in [6, 6.07) is 11.4. The number of aromatic nitrogens is 3. The molecule has 2 aromatic carbocycles. The molecule has 1 aliphatic rings. The number of fused-ring (bicyclic) bond motifs is 1. The van der Waals surface area contributed by atoms with Crippen molar-refractivity contribution in [1.82, 2.24) is 20.3 Å². The van der Waals surface area contributed by atoms with Crippen molar-refractivity contribution in [3.05, 3.63) is 66.0 Å². The van der Waals surface area contributed by atoms with E-state index in [1.807, 2.05) is 4.90 Å². The van der Waals surface area contributed by atoms with Crippen molar-refractivity contribution in [2.45, 2.75) is 25.9 Å². The molecular formula is C26H27F2N7O2. The quantitative estimate of drug-likeness (QED) is 0.306. The minimum Gasteiger partial charge on any atom is -0.494 e. The number of carbonyl (C=O) groups is 1. The number of hydrogen-bond donors (Lipinski definition) is 4. The Kier molecular flexibility index (Phi) is 6.62. The predicted molar refractivity (Wildman–Crippen MR) is 139 cm³/mol. The number of H-pyrrole nitrogens is 1. The SMILES string of the molecule is COc1c(C(=O)Nc2ccc(Nc3nc(N4C[C@@H](C)N[C@@H](C)C4)ncc3F)cc2)[nH]c2ccc(F)cc12. The molecule has 1 fully saturated rings. The summed E-state index contributed by atoms with van der Waals surface area (Å²) in [5.41, 5.74) is 1.86. The summed E-state index contributed by atoms with van der Waals surface area (Å²) in [6.07, 6.45) is 1.16. The molecule has 0 saturated carbocycles. The average Bonchev–Trinajstić information content (AvgIpc) is 3.24. The van der Waals surface area contributed by atoms with E-state index >= 15 is 0 Å². The van der Waals surface area contributed by atoms with E-state index in [9.17, 15) is 13.6 Å². The van der Waals surface area contributed by atoms with Gasteiger partial charge in [0.2, 0.25) is 5.95 Å². The van der Waals surface area contributed by atoms with Crippen LogP contribution in [0, 0.1) is 11.6 Å².